The van der Waals surface area contributed by atoms with Crippen LogP contribution in [0.2, 0.25) is 0 Å². The molecule has 0 aromatic carbocycles. The molecule has 0 spiro atoms. The molecule has 39 heavy (non-hydrogen) atoms. The molecule has 0 aliphatic rings. The lowest BCUT2D eigenvalue weighted by atomic mass is 10.0. The molecule has 0 fully saturated rings. The molecular formula is C32H62N2O5. The van der Waals surface area contributed by atoms with Gasteiger partial charge >= 0.3 is 11.9 Å². The molecule has 0 saturated heterocycles. The maximum Gasteiger partial charge on any atom is 0.326 e. The van der Waals surface area contributed by atoms with Crippen molar-refractivity contribution < 1.29 is 24.2 Å². The van der Waals surface area contributed by atoms with E-state index in [9.17, 15) is 19.5 Å². The van der Waals surface area contributed by atoms with Crippen molar-refractivity contribution in [3.63, 3.8) is 0 Å². The predicted molar refractivity (Wildman–Crippen MR) is 161 cm³/mol. The topological polar surface area (TPSA) is 119 Å². The van der Waals surface area contributed by atoms with E-state index in [-0.39, 0.29) is 18.0 Å². The Morgan fingerprint density at radius 1 is 0.641 bits per heavy atom. The summed E-state index contributed by atoms with van der Waals surface area (Å²) in [6.45, 7) is 4.87. The summed E-state index contributed by atoms with van der Waals surface area (Å²) in [6, 6.07) is -0.857. The Morgan fingerprint density at radius 3 is 1.59 bits per heavy atom. The lowest BCUT2D eigenvalue weighted by molar-refractivity contribution is -0.150. The first-order valence-corrected chi connectivity index (χ1v) is 16.4. The highest BCUT2D eigenvalue weighted by atomic mass is 16.5. The van der Waals surface area contributed by atoms with Gasteiger partial charge in [-0.25, -0.2) is 4.79 Å². The number of carbonyl (C=O) groups excluding carboxylic acids is 2. The zero-order chi connectivity index (χ0) is 29.0. The second-order valence-corrected chi connectivity index (χ2v) is 11.2. The van der Waals surface area contributed by atoms with Gasteiger partial charge in [0.25, 0.3) is 0 Å². The fraction of sp³-hybridized carbons (Fsp3) is 0.906. The van der Waals surface area contributed by atoms with Crippen LogP contribution in [0.25, 0.3) is 0 Å². The highest BCUT2D eigenvalue weighted by Gasteiger charge is 2.19. The fourth-order valence-corrected chi connectivity index (χ4v) is 4.92. The third kappa shape index (κ3) is 25.1. The number of hydrogen-bond acceptors (Lipinski definition) is 5. The van der Waals surface area contributed by atoms with Crippen LogP contribution < -0.4 is 11.1 Å². The normalized spacial score (nSPS) is 12.7. The summed E-state index contributed by atoms with van der Waals surface area (Å²) in [4.78, 5) is 35.9. The number of ether oxygens (including phenoxy) is 1. The van der Waals surface area contributed by atoms with Gasteiger partial charge < -0.3 is 20.9 Å². The molecule has 0 saturated carbocycles. The first-order valence-electron chi connectivity index (χ1n) is 16.4. The van der Waals surface area contributed by atoms with E-state index in [1.54, 1.807) is 0 Å². The third-order valence-electron chi connectivity index (χ3n) is 7.42. The van der Waals surface area contributed by atoms with E-state index in [2.05, 4.69) is 19.2 Å². The zero-order valence-electron chi connectivity index (χ0n) is 25.5. The van der Waals surface area contributed by atoms with E-state index in [1.165, 1.54) is 70.6 Å². The van der Waals surface area contributed by atoms with Crippen LogP contribution in [-0.4, -0.2) is 41.6 Å². The Balaban J connectivity index is 4.25. The number of rotatable bonds is 29. The first-order chi connectivity index (χ1) is 18.9. The van der Waals surface area contributed by atoms with Gasteiger partial charge in [0.1, 0.15) is 12.1 Å². The van der Waals surface area contributed by atoms with E-state index < -0.39 is 12.0 Å². The van der Waals surface area contributed by atoms with Crippen LogP contribution in [0.3, 0.4) is 0 Å². The largest absolute Gasteiger partial charge is 0.480 e. The maximum absolute atomic E-state index is 12.5. The Labute approximate surface area is 239 Å². The van der Waals surface area contributed by atoms with E-state index in [4.69, 9.17) is 10.5 Å². The first kappa shape index (κ1) is 37.4. The van der Waals surface area contributed by atoms with Crippen molar-refractivity contribution in [2.75, 3.05) is 6.54 Å². The monoisotopic (exact) mass is 554 g/mol. The van der Waals surface area contributed by atoms with Gasteiger partial charge in [-0.1, -0.05) is 104 Å². The minimum absolute atomic E-state index is 0.000104. The van der Waals surface area contributed by atoms with Crippen molar-refractivity contribution >= 4 is 17.8 Å². The van der Waals surface area contributed by atoms with Gasteiger partial charge in [-0.3, -0.25) is 9.59 Å². The number of carboxylic acids is 1. The van der Waals surface area contributed by atoms with Gasteiger partial charge in [0.2, 0.25) is 5.91 Å². The van der Waals surface area contributed by atoms with Gasteiger partial charge in [0.05, 0.1) is 0 Å². The Kier molecular flexibility index (Phi) is 26.8. The summed E-state index contributed by atoms with van der Waals surface area (Å²) in [5, 5.41) is 11.8. The number of carboxylic acid groups (broad SMARTS) is 1. The van der Waals surface area contributed by atoms with E-state index in [1.807, 2.05) is 0 Å². The van der Waals surface area contributed by atoms with Gasteiger partial charge in [-0.2, -0.15) is 0 Å². The number of esters is 1. The molecule has 0 rings (SSSR count). The van der Waals surface area contributed by atoms with Crippen LogP contribution in [0.15, 0.2) is 0 Å². The molecule has 0 aliphatic carbocycles. The quantitative estimate of drug-likeness (QED) is 0.0640. The van der Waals surface area contributed by atoms with Crippen molar-refractivity contribution in [1.29, 1.82) is 0 Å². The zero-order valence-corrected chi connectivity index (χ0v) is 25.5. The highest BCUT2D eigenvalue weighted by Crippen LogP contribution is 2.18. The molecule has 1 amide bonds. The summed E-state index contributed by atoms with van der Waals surface area (Å²) in [5.74, 6) is -1.27. The van der Waals surface area contributed by atoms with Crippen molar-refractivity contribution in [2.24, 2.45) is 5.73 Å². The lowest BCUT2D eigenvalue weighted by Crippen LogP contribution is -2.40. The molecule has 2 unspecified atom stereocenters. The predicted octanol–water partition coefficient (Wildman–Crippen LogP) is 7.83. The molecule has 4 N–H and O–H groups in total. The van der Waals surface area contributed by atoms with Crippen molar-refractivity contribution in [2.45, 2.75) is 180 Å². The lowest BCUT2D eigenvalue weighted by Gasteiger charge is -2.18. The number of aliphatic carboxylic acids is 1. The van der Waals surface area contributed by atoms with Crippen LogP contribution in [0.1, 0.15) is 168 Å². The molecule has 0 bridgehead atoms. The number of amides is 1. The molecule has 0 aliphatic heterocycles. The maximum atomic E-state index is 12.5. The van der Waals surface area contributed by atoms with Gasteiger partial charge in [-0.05, 0) is 57.9 Å². The molecule has 7 heteroatoms. The Bertz CT molecular complexity index is 599. The van der Waals surface area contributed by atoms with Crippen molar-refractivity contribution in [3.05, 3.63) is 0 Å². The summed E-state index contributed by atoms with van der Waals surface area (Å²) < 4.78 is 5.91. The molecule has 230 valence electrons. The standard InChI is InChI=1S/C32H62N2O5/c1-3-5-7-9-11-12-14-20-26-31(36)39-28(22-17-13-10-8-6-4-2)23-18-15-16-19-25-30(35)34-29(32(37)38)24-21-27-33/h28-29H,3-27,33H2,1-2H3,(H,34,35)(H,37,38). The molecule has 0 radical (unpaired) electrons. The highest BCUT2D eigenvalue weighted by molar-refractivity contribution is 5.83. The number of nitrogens with one attached hydrogen (secondary N) is 1. The summed E-state index contributed by atoms with van der Waals surface area (Å²) in [7, 11) is 0. The summed E-state index contributed by atoms with van der Waals surface area (Å²) in [6.07, 6.45) is 24.3. The van der Waals surface area contributed by atoms with Gasteiger partial charge in [0.15, 0.2) is 0 Å². The van der Waals surface area contributed by atoms with Gasteiger partial charge in [0, 0.05) is 12.8 Å². The number of hydrogen-bond donors (Lipinski definition) is 3. The van der Waals surface area contributed by atoms with E-state index >= 15 is 0 Å². The van der Waals surface area contributed by atoms with Crippen molar-refractivity contribution in [1.82, 2.24) is 5.32 Å². The molecule has 0 heterocycles. The summed E-state index contributed by atoms with van der Waals surface area (Å²) in [5.41, 5.74) is 5.45. The number of unbranched alkanes of at least 4 members (excludes halogenated alkanes) is 15. The second-order valence-electron chi connectivity index (χ2n) is 11.2. The van der Waals surface area contributed by atoms with Gasteiger partial charge in [-0.15, -0.1) is 0 Å². The number of nitrogens with two attached hydrogens (primary N) is 1. The fourth-order valence-electron chi connectivity index (χ4n) is 4.92. The summed E-state index contributed by atoms with van der Waals surface area (Å²) >= 11 is 0. The molecular weight excluding hydrogens is 492 g/mol. The minimum atomic E-state index is -1.01. The molecule has 7 nitrogen and oxygen atoms in total. The molecule has 0 aromatic heterocycles. The van der Waals surface area contributed by atoms with Crippen LogP contribution in [-0.2, 0) is 19.1 Å². The molecule has 0 aromatic rings. The van der Waals surface area contributed by atoms with Crippen LogP contribution in [0, 0.1) is 0 Å². The average molecular weight is 555 g/mol. The van der Waals surface area contributed by atoms with Crippen LogP contribution >= 0.6 is 0 Å². The smallest absolute Gasteiger partial charge is 0.326 e. The van der Waals surface area contributed by atoms with Crippen LogP contribution in [0.4, 0.5) is 0 Å². The van der Waals surface area contributed by atoms with Crippen LogP contribution in [0.5, 0.6) is 0 Å². The molecule has 2 atom stereocenters. The van der Waals surface area contributed by atoms with E-state index in [0.717, 1.165) is 57.8 Å². The number of carbonyl (C=O) groups is 3. The third-order valence-corrected chi connectivity index (χ3v) is 7.42. The average Bonchev–Trinajstić information content (AvgIpc) is 2.91. The van der Waals surface area contributed by atoms with E-state index in [0.29, 0.717) is 32.2 Å². The Hall–Kier alpha value is -1.63. The van der Waals surface area contributed by atoms with Crippen molar-refractivity contribution in [3.8, 4) is 0 Å². The Morgan fingerprint density at radius 2 is 1.10 bits per heavy atom. The second kappa shape index (κ2) is 27.9. The SMILES string of the molecule is CCCCCCCCCCC(=O)OC(CCCCCCCC)CCCCCCC(=O)NC(CCCN)C(=O)O. The minimum Gasteiger partial charge on any atom is -0.480 e.